The summed E-state index contributed by atoms with van der Waals surface area (Å²) in [5, 5.41) is 10.3. The normalized spacial score (nSPS) is 16.3. The van der Waals surface area contributed by atoms with Crippen molar-refractivity contribution in [2.45, 2.75) is 12.5 Å². The predicted molar refractivity (Wildman–Crippen MR) is 111 cm³/mol. The van der Waals surface area contributed by atoms with Gasteiger partial charge in [-0.25, -0.2) is 0 Å². The van der Waals surface area contributed by atoms with Gasteiger partial charge in [0.15, 0.2) is 0 Å². The third-order valence-corrected chi connectivity index (χ3v) is 4.83. The maximum absolute atomic E-state index is 10.3. The summed E-state index contributed by atoms with van der Waals surface area (Å²) in [6.45, 7) is 2.56. The monoisotopic (exact) mass is 419 g/mol. The van der Waals surface area contributed by atoms with Gasteiger partial charge in [0.25, 0.3) is 0 Å². The molecule has 132 valence electrons. The molecule has 2 nitrogen and oxygen atoms in total. The Hall–Kier alpha value is -1.39. The third kappa shape index (κ3) is 6.12. The molecule has 25 heavy (non-hydrogen) atoms. The molecule has 1 unspecified atom stereocenters. The van der Waals surface area contributed by atoms with Crippen molar-refractivity contribution in [2.24, 2.45) is 0 Å². The number of rotatable bonds is 5. The van der Waals surface area contributed by atoms with Crippen LogP contribution >= 0.6 is 28.3 Å². The van der Waals surface area contributed by atoms with Crippen LogP contribution in [-0.4, -0.2) is 29.6 Å². The van der Waals surface area contributed by atoms with E-state index in [0.29, 0.717) is 6.54 Å². The van der Waals surface area contributed by atoms with Gasteiger partial charge < -0.3 is 5.11 Å². The molecule has 0 radical (unpaired) electrons. The molecule has 0 spiro atoms. The fourth-order valence-corrected chi connectivity index (χ4v) is 3.11. The molecule has 0 saturated carbocycles. The van der Waals surface area contributed by atoms with Crippen molar-refractivity contribution in [3.05, 3.63) is 87.9 Å². The fraction of sp³-hybridized carbons (Fsp3) is 0.238. The molecule has 0 amide bonds. The Balaban J connectivity index is 0.00000225. The molecule has 0 bridgehead atoms. The molecule has 4 heteroatoms. The first kappa shape index (κ1) is 19.9. The molecule has 1 N–H and O–H groups in total. The minimum atomic E-state index is -0.417. The molecule has 2 aromatic rings. The van der Waals surface area contributed by atoms with Gasteiger partial charge in [0.1, 0.15) is 0 Å². The second-order valence-corrected chi connectivity index (χ2v) is 7.02. The lowest BCUT2D eigenvalue weighted by Gasteiger charge is -2.27. The smallest absolute Gasteiger partial charge is 0.0917 e. The summed E-state index contributed by atoms with van der Waals surface area (Å²) in [6, 6.07) is 18.2. The first-order valence-corrected chi connectivity index (χ1v) is 9.08. The van der Waals surface area contributed by atoms with E-state index in [1.54, 1.807) is 0 Å². The third-order valence-electron chi connectivity index (χ3n) is 4.30. The van der Waals surface area contributed by atoms with E-state index >= 15 is 0 Å². The Morgan fingerprint density at radius 3 is 2.40 bits per heavy atom. The van der Waals surface area contributed by atoms with Crippen molar-refractivity contribution in [2.75, 3.05) is 19.6 Å². The molecule has 1 heterocycles. The number of hydrogen-bond acceptors (Lipinski definition) is 2. The largest absolute Gasteiger partial charge is 0.387 e. The molecule has 2 aromatic carbocycles. The van der Waals surface area contributed by atoms with E-state index in [1.807, 2.05) is 30.3 Å². The average molecular weight is 421 g/mol. The van der Waals surface area contributed by atoms with Crippen molar-refractivity contribution in [1.29, 1.82) is 0 Å². The topological polar surface area (TPSA) is 23.5 Å². The lowest BCUT2D eigenvalue weighted by molar-refractivity contribution is 0.118. The first-order chi connectivity index (χ1) is 11.7. The van der Waals surface area contributed by atoms with Gasteiger partial charge in [-0.1, -0.05) is 76.6 Å². The van der Waals surface area contributed by atoms with Crippen LogP contribution in [0.2, 0.25) is 0 Å². The molecule has 0 aromatic heterocycles. The Kier molecular flexibility index (Phi) is 7.91. The summed E-state index contributed by atoms with van der Waals surface area (Å²) in [7, 11) is 0. The quantitative estimate of drug-likeness (QED) is 0.714. The molecule has 0 saturated heterocycles. The maximum Gasteiger partial charge on any atom is 0.0917 e. The number of hydrogen-bond donors (Lipinski definition) is 1. The van der Waals surface area contributed by atoms with E-state index in [2.05, 4.69) is 63.3 Å². The van der Waals surface area contributed by atoms with E-state index < -0.39 is 6.10 Å². The van der Waals surface area contributed by atoms with Crippen LogP contribution in [0.3, 0.4) is 0 Å². The zero-order valence-electron chi connectivity index (χ0n) is 14.0. The number of nitrogens with zero attached hydrogens (tertiary/aromatic N) is 1. The molecule has 1 atom stereocenters. The molecule has 0 aliphatic carbocycles. The van der Waals surface area contributed by atoms with Gasteiger partial charge in [-0.15, -0.1) is 12.4 Å². The molecular weight excluding hydrogens is 398 g/mol. The number of allylic oxidation sites excluding steroid dienone is 1. The highest BCUT2D eigenvalue weighted by atomic mass is 79.9. The van der Waals surface area contributed by atoms with Crippen molar-refractivity contribution in [3.8, 4) is 0 Å². The van der Waals surface area contributed by atoms with Crippen LogP contribution in [0.5, 0.6) is 0 Å². The Labute approximate surface area is 164 Å². The fourth-order valence-electron chi connectivity index (χ4n) is 2.85. The summed E-state index contributed by atoms with van der Waals surface area (Å²) in [4.78, 5) is 2.30. The van der Waals surface area contributed by atoms with E-state index in [1.165, 1.54) is 11.1 Å². The van der Waals surface area contributed by atoms with Crippen LogP contribution in [0, 0.1) is 0 Å². The predicted octanol–water partition coefficient (Wildman–Crippen LogP) is 5.25. The van der Waals surface area contributed by atoms with Gasteiger partial charge in [-0.3, -0.25) is 4.90 Å². The standard InChI is InChI=1S/C21H22BrNO.ClH/c22-20-10-8-17(9-11-20)6-7-18-12-14-23(15-13-18)16-21(24)19-4-2-1-3-5-19;/h1-12,21,24H,13-16H2;1H. The second-order valence-electron chi connectivity index (χ2n) is 6.10. The van der Waals surface area contributed by atoms with Crippen LogP contribution in [0.1, 0.15) is 23.7 Å². The van der Waals surface area contributed by atoms with Crippen LogP contribution < -0.4 is 0 Å². The van der Waals surface area contributed by atoms with Crippen LogP contribution in [0.25, 0.3) is 6.08 Å². The summed E-state index contributed by atoms with van der Waals surface area (Å²) in [5.74, 6) is 0. The highest BCUT2D eigenvalue weighted by Crippen LogP contribution is 2.19. The van der Waals surface area contributed by atoms with Crippen LogP contribution in [0.4, 0.5) is 0 Å². The lowest BCUT2D eigenvalue weighted by Crippen LogP contribution is -2.32. The second kappa shape index (κ2) is 9.93. The number of benzene rings is 2. The number of aliphatic hydroxyl groups excluding tert-OH is 1. The molecular formula is C21H23BrClNO. The zero-order valence-corrected chi connectivity index (χ0v) is 16.4. The van der Waals surface area contributed by atoms with Crippen molar-refractivity contribution in [1.82, 2.24) is 4.90 Å². The van der Waals surface area contributed by atoms with Crippen LogP contribution in [-0.2, 0) is 0 Å². The highest BCUT2D eigenvalue weighted by Gasteiger charge is 2.15. The number of halogens is 2. The van der Waals surface area contributed by atoms with E-state index in [9.17, 15) is 5.11 Å². The zero-order chi connectivity index (χ0) is 16.8. The van der Waals surface area contributed by atoms with E-state index in [0.717, 1.165) is 29.5 Å². The van der Waals surface area contributed by atoms with Gasteiger partial charge in [0, 0.05) is 24.1 Å². The summed E-state index contributed by atoms with van der Waals surface area (Å²) in [5.41, 5.74) is 3.56. The van der Waals surface area contributed by atoms with Gasteiger partial charge in [0.2, 0.25) is 0 Å². The summed E-state index contributed by atoms with van der Waals surface area (Å²) >= 11 is 3.45. The van der Waals surface area contributed by atoms with Gasteiger partial charge in [-0.05, 0) is 35.3 Å². The van der Waals surface area contributed by atoms with Crippen LogP contribution in [0.15, 0.2) is 76.8 Å². The Morgan fingerprint density at radius 1 is 1.04 bits per heavy atom. The molecule has 1 aliphatic heterocycles. The van der Waals surface area contributed by atoms with Crippen molar-refractivity contribution >= 4 is 34.4 Å². The lowest BCUT2D eigenvalue weighted by atomic mass is 10.0. The van der Waals surface area contributed by atoms with Crippen molar-refractivity contribution in [3.63, 3.8) is 0 Å². The minimum Gasteiger partial charge on any atom is -0.387 e. The SMILES string of the molecule is Cl.OC(CN1CC=C(C=Cc2ccc(Br)cc2)CC1)c1ccccc1. The summed E-state index contributed by atoms with van der Waals surface area (Å²) in [6.07, 6.45) is 7.23. The number of aliphatic hydroxyl groups is 1. The minimum absolute atomic E-state index is 0. The van der Waals surface area contributed by atoms with Gasteiger partial charge in [-0.2, -0.15) is 0 Å². The molecule has 3 rings (SSSR count). The van der Waals surface area contributed by atoms with E-state index in [-0.39, 0.29) is 12.4 Å². The first-order valence-electron chi connectivity index (χ1n) is 8.29. The highest BCUT2D eigenvalue weighted by molar-refractivity contribution is 9.10. The van der Waals surface area contributed by atoms with E-state index in [4.69, 9.17) is 0 Å². The molecule has 0 fully saturated rings. The average Bonchev–Trinajstić information content (AvgIpc) is 2.63. The van der Waals surface area contributed by atoms with Gasteiger partial charge in [0.05, 0.1) is 6.10 Å². The molecule has 1 aliphatic rings. The Morgan fingerprint density at radius 2 is 1.76 bits per heavy atom. The van der Waals surface area contributed by atoms with Gasteiger partial charge >= 0.3 is 0 Å². The number of β-amino-alcohol motifs (C(OH)–C–C–N with tert-alkyl or cyclic N) is 1. The maximum atomic E-state index is 10.3. The van der Waals surface area contributed by atoms with Crippen molar-refractivity contribution < 1.29 is 5.11 Å². The summed E-state index contributed by atoms with van der Waals surface area (Å²) < 4.78 is 1.10. The Bertz CT molecular complexity index is 712.